The maximum atomic E-state index is 8.87. The highest BCUT2D eigenvalue weighted by Gasteiger charge is 2.24. The maximum absolute atomic E-state index is 8.87. The van der Waals surface area contributed by atoms with Crippen molar-refractivity contribution in [2.24, 2.45) is 0 Å². The number of anilines is 3. The first-order chi connectivity index (χ1) is 16.0. The van der Waals surface area contributed by atoms with Crippen LogP contribution in [0.3, 0.4) is 0 Å². The third-order valence-corrected chi connectivity index (χ3v) is 7.24. The fraction of sp³-hybridized carbons (Fsp3) is 0.417. The lowest BCUT2D eigenvalue weighted by Gasteiger charge is -2.36. The SMILES string of the molecule is C[C@@H]1CN(c2cc(C(=N)c3cc(-c4cnc(N5CCCC5)s4)ccc3N)ncn2)C[C@H](C)O1. The van der Waals surface area contributed by atoms with E-state index in [4.69, 9.17) is 15.9 Å². The molecule has 2 aliphatic heterocycles. The molecule has 1 aromatic carbocycles. The maximum Gasteiger partial charge on any atom is 0.185 e. The first-order valence-corrected chi connectivity index (χ1v) is 12.2. The number of ether oxygens (including phenoxy) is 1. The zero-order valence-electron chi connectivity index (χ0n) is 19.0. The average Bonchev–Trinajstić information content (AvgIpc) is 3.51. The van der Waals surface area contributed by atoms with Gasteiger partial charge in [0.2, 0.25) is 0 Å². The second-order valence-electron chi connectivity index (χ2n) is 8.80. The summed E-state index contributed by atoms with van der Waals surface area (Å²) in [6.07, 6.45) is 6.14. The summed E-state index contributed by atoms with van der Waals surface area (Å²) >= 11 is 1.69. The predicted molar refractivity (Wildman–Crippen MR) is 134 cm³/mol. The van der Waals surface area contributed by atoms with Crippen LogP contribution in [-0.2, 0) is 4.74 Å². The van der Waals surface area contributed by atoms with Crippen LogP contribution in [0.15, 0.2) is 36.8 Å². The summed E-state index contributed by atoms with van der Waals surface area (Å²) in [7, 11) is 0. The number of thiazole rings is 1. The van der Waals surface area contributed by atoms with Crippen LogP contribution in [0.4, 0.5) is 16.6 Å². The van der Waals surface area contributed by atoms with Crippen molar-refractivity contribution in [2.45, 2.75) is 38.9 Å². The van der Waals surface area contributed by atoms with Gasteiger partial charge in [-0.2, -0.15) is 0 Å². The quantitative estimate of drug-likeness (QED) is 0.438. The summed E-state index contributed by atoms with van der Waals surface area (Å²) in [6.45, 7) is 7.79. The highest BCUT2D eigenvalue weighted by atomic mass is 32.1. The molecule has 2 fully saturated rings. The number of benzene rings is 1. The number of aromatic nitrogens is 3. The van der Waals surface area contributed by atoms with Gasteiger partial charge in [-0.05, 0) is 44.4 Å². The molecule has 0 amide bonds. The standard InChI is InChI=1S/C24H29N7OS/c1-15-12-31(13-16(2)32-15)22-10-20(28-14-29-22)23(26)18-9-17(5-6-19(18)25)21-11-27-24(33-21)30-7-3-4-8-30/h5-6,9-11,14-16,26H,3-4,7-8,12-13,25H2,1-2H3/t15-,16+. The molecule has 0 spiro atoms. The minimum atomic E-state index is 0.129. The second-order valence-corrected chi connectivity index (χ2v) is 9.81. The van der Waals surface area contributed by atoms with Crippen LogP contribution in [0.1, 0.15) is 37.9 Å². The van der Waals surface area contributed by atoms with E-state index in [0.29, 0.717) is 16.9 Å². The van der Waals surface area contributed by atoms with Gasteiger partial charge in [-0.3, -0.25) is 5.41 Å². The van der Waals surface area contributed by atoms with E-state index in [-0.39, 0.29) is 17.9 Å². The number of rotatable bonds is 5. The number of nitrogen functional groups attached to an aromatic ring is 1. The van der Waals surface area contributed by atoms with Gasteiger partial charge in [0.05, 0.1) is 28.5 Å². The van der Waals surface area contributed by atoms with Crippen LogP contribution in [-0.4, -0.2) is 59.1 Å². The molecule has 33 heavy (non-hydrogen) atoms. The number of nitrogens with one attached hydrogen (secondary N) is 1. The molecule has 0 saturated carbocycles. The Bertz CT molecular complexity index is 1150. The first-order valence-electron chi connectivity index (χ1n) is 11.4. The lowest BCUT2D eigenvalue weighted by Crippen LogP contribution is -2.45. The van der Waals surface area contributed by atoms with Gasteiger partial charge in [0.1, 0.15) is 12.1 Å². The number of morpholine rings is 1. The first kappa shape index (κ1) is 21.8. The fourth-order valence-electron chi connectivity index (χ4n) is 4.54. The third kappa shape index (κ3) is 4.56. The summed E-state index contributed by atoms with van der Waals surface area (Å²) < 4.78 is 5.84. The van der Waals surface area contributed by atoms with Crippen molar-refractivity contribution in [3.05, 3.63) is 48.0 Å². The van der Waals surface area contributed by atoms with Crippen molar-refractivity contribution in [3.63, 3.8) is 0 Å². The molecule has 0 radical (unpaired) electrons. The van der Waals surface area contributed by atoms with Crippen LogP contribution < -0.4 is 15.5 Å². The molecular formula is C24H29N7OS. The molecule has 3 aromatic rings. The van der Waals surface area contributed by atoms with Crippen molar-refractivity contribution >= 4 is 33.7 Å². The van der Waals surface area contributed by atoms with Crippen molar-refractivity contribution in [2.75, 3.05) is 41.7 Å². The molecule has 2 saturated heterocycles. The molecule has 3 N–H and O–H groups in total. The van der Waals surface area contributed by atoms with Gasteiger partial charge in [0.25, 0.3) is 0 Å². The Morgan fingerprint density at radius 3 is 2.58 bits per heavy atom. The molecule has 0 unspecified atom stereocenters. The van der Waals surface area contributed by atoms with Crippen LogP contribution in [0.5, 0.6) is 0 Å². The lowest BCUT2D eigenvalue weighted by molar-refractivity contribution is -0.00546. The minimum absolute atomic E-state index is 0.129. The van der Waals surface area contributed by atoms with Gasteiger partial charge in [-0.25, -0.2) is 15.0 Å². The molecule has 5 rings (SSSR count). The zero-order chi connectivity index (χ0) is 22.9. The minimum Gasteiger partial charge on any atom is -0.398 e. The van der Waals surface area contributed by atoms with Crippen molar-refractivity contribution < 1.29 is 4.74 Å². The van der Waals surface area contributed by atoms with Crippen LogP contribution in [0.25, 0.3) is 10.4 Å². The van der Waals surface area contributed by atoms with Crippen LogP contribution in [0.2, 0.25) is 0 Å². The topological polar surface area (TPSA) is 104 Å². The Hall–Kier alpha value is -3.04. The van der Waals surface area contributed by atoms with Crippen LogP contribution >= 0.6 is 11.3 Å². The number of nitrogens with two attached hydrogens (primary N) is 1. The monoisotopic (exact) mass is 463 g/mol. The Morgan fingerprint density at radius 2 is 1.82 bits per heavy atom. The molecule has 172 valence electrons. The van der Waals surface area contributed by atoms with Gasteiger partial charge in [0, 0.05) is 49.7 Å². The lowest BCUT2D eigenvalue weighted by atomic mass is 10.0. The molecule has 4 heterocycles. The summed E-state index contributed by atoms with van der Waals surface area (Å²) in [4.78, 5) is 19.1. The molecule has 8 nitrogen and oxygen atoms in total. The molecule has 0 bridgehead atoms. The van der Waals surface area contributed by atoms with Gasteiger partial charge in [-0.1, -0.05) is 17.4 Å². The molecule has 2 aromatic heterocycles. The molecule has 0 aliphatic carbocycles. The van der Waals surface area contributed by atoms with Crippen molar-refractivity contribution in [3.8, 4) is 10.4 Å². The van der Waals surface area contributed by atoms with E-state index in [2.05, 4.69) is 38.6 Å². The summed E-state index contributed by atoms with van der Waals surface area (Å²) in [5, 5.41) is 9.93. The van der Waals surface area contributed by atoms with E-state index in [1.54, 1.807) is 11.3 Å². The van der Waals surface area contributed by atoms with E-state index in [1.165, 1.54) is 19.2 Å². The smallest absolute Gasteiger partial charge is 0.185 e. The van der Waals surface area contributed by atoms with Gasteiger partial charge in [0.15, 0.2) is 5.13 Å². The fourth-order valence-corrected chi connectivity index (χ4v) is 5.50. The molecular weight excluding hydrogens is 434 g/mol. The van der Waals surface area contributed by atoms with Gasteiger partial charge >= 0.3 is 0 Å². The van der Waals surface area contributed by atoms with E-state index < -0.39 is 0 Å². The summed E-state index contributed by atoms with van der Waals surface area (Å²) in [5.41, 5.74) is 9.37. The number of nitrogens with zero attached hydrogens (tertiary/aromatic N) is 5. The summed E-state index contributed by atoms with van der Waals surface area (Å²) in [6, 6.07) is 7.70. The summed E-state index contributed by atoms with van der Waals surface area (Å²) in [5.74, 6) is 0.805. The number of hydrogen-bond acceptors (Lipinski definition) is 9. The number of hydrogen-bond donors (Lipinski definition) is 2. The molecule has 2 atom stereocenters. The second kappa shape index (κ2) is 9.07. The largest absolute Gasteiger partial charge is 0.398 e. The third-order valence-electron chi connectivity index (χ3n) is 6.13. The van der Waals surface area contributed by atoms with E-state index in [1.807, 2.05) is 30.5 Å². The van der Waals surface area contributed by atoms with Gasteiger partial charge in [-0.15, -0.1) is 0 Å². The van der Waals surface area contributed by atoms with E-state index in [9.17, 15) is 0 Å². The predicted octanol–water partition coefficient (Wildman–Crippen LogP) is 3.81. The molecule has 9 heteroatoms. The highest BCUT2D eigenvalue weighted by Crippen LogP contribution is 2.34. The van der Waals surface area contributed by atoms with Gasteiger partial charge < -0.3 is 20.3 Å². The average molecular weight is 464 g/mol. The zero-order valence-corrected chi connectivity index (χ0v) is 19.8. The van der Waals surface area contributed by atoms with E-state index >= 15 is 0 Å². The normalized spacial score (nSPS) is 20.9. The van der Waals surface area contributed by atoms with Crippen molar-refractivity contribution in [1.82, 2.24) is 15.0 Å². The Labute approximate surface area is 198 Å². The van der Waals surface area contributed by atoms with Crippen LogP contribution in [0, 0.1) is 5.41 Å². The Balaban J connectivity index is 1.41. The van der Waals surface area contributed by atoms with E-state index in [0.717, 1.165) is 47.6 Å². The Kier molecular flexibility index (Phi) is 5.99. The Morgan fingerprint density at radius 1 is 1.06 bits per heavy atom. The highest BCUT2D eigenvalue weighted by molar-refractivity contribution is 7.18. The molecule has 2 aliphatic rings. The van der Waals surface area contributed by atoms with Crippen molar-refractivity contribution in [1.29, 1.82) is 5.41 Å².